The number of rotatable bonds is 6. The summed E-state index contributed by atoms with van der Waals surface area (Å²) in [6.45, 7) is 0. The van der Waals surface area contributed by atoms with E-state index in [1.807, 2.05) is 41.8 Å². The molecule has 26 heavy (non-hydrogen) atoms. The highest BCUT2D eigenvalue weighted by molar-refractivity contribution is 7.13. The molecule has 4 rings (SSSR count). The maximum atomic E-state index is 12.6. The molecule has 0 radical (unpaired) electrons. The first-order valence-electron chi connectivity index (χ1n) is 8.58. The van der Waals surface area contributed by atoms with Crippen LogP contribution in [0.4, 0.5) is 0 Å². The van der Waals surface area contributed by atoms with E-state index in [9.17, 15) is 4.79 Å². The van der Waals surface area contributed by atoms with Crippen molar-refractivity contribution in [2.45, 2.75) is 25.3 Å². The van der Waals surface area contributed by atoms with Gasteiger partial charge in [0.25, 0.3) is 0 Å². The van der Waals surface area contributed by atoms with Gasteiger partial charge < -0.3 is 5.32 Å². The molecular weight excluding hydrogens is 366 g/mol. The maximum Gasteiger partial charge on any atom is 0.226 e. The van der Waals surface area contributed by atoms with Gasteiger partial charge >= 0.3 is 0 Å². The van der Waals surface area contributed by atoms with Crippen molar-refractivity contribution < 1.29 is 4.79 Å². The van der Waals surface area contributed by atoms with Crippen molar-refractivity contribution in [3.8, 4) is 10.6 Å². The third-order valence-electron chi connectivity index (χ3n) is 4.44. The molecule has 1 amide bonds. The molecule has 2 aromatic heterocycles. The number of thiazole rings is 1. The van der Waals surface area contributed by atoms with E-state index >= 15 is 0 Å². The second kappa shape index (κ2) is 7.56. The number of nitrogens with one attached hydrogen (secondary N) is 1. The molecule has 4 nitrogen and oxygen atoms in total. The molecule has 0 bridgehead atoms. The summed E-state index contributed by atoms with van der Waals surface area (Å²) in [6, 6.07) is 11.6. The van der Waals surface area contributed by atoms with Crippen LogP contribution in [0.3, 0.4) is 0 Å². The highest BCUT2D eigenvalue weighted by Crippen LogP contribution is 2.41. The van der Waals surface area contributed by atoms with E-state index in [2.05, 4.69) is 15.3 Å². The number of carbonyl (C=O) groups excluding carboxylic acids is 1. The van der Waals surface area contributed by atoms with Gasteiger partial charge in [0.15, 0.2) is 0 Å². The highest BCUT2D eigenvalue weighted by atomic mass is 35.5. The summed E-state index contributed by atoms with van der Waals surface area (Å²) >= 11 is 7.51. The molecule has 1 unspecified atom stereocenters. The lowest BCUT2D eigenvalue weighted by molar-refractivity contribution is -0.121. The number of halogens is 1. The van der Waals surface area contributed by atoms with Crippen molar-refractivity contribution in [2.24, 2.45) is 5.92 Å². The average molecular weight is 384 g/mol. The number of aromatic nitrogens is 2. The summed E-state index contributed by atoms with van der Waals surface area (Å²) < 4.78 is 0. The van der Waals surface area contributed by atoms with Gasteiger partial charge in [-0.05, 0) is 48.6 Å². The topological polar surface area (TPSA) is 54.9 Å². The number of benzene rings is 1. The second-order valence-corrected chi connectivity index (χ2v) is 7.79. The molecule has 2 heterocycles. The van der Waals surface area contributed by atoms with E-state index in [4.69, 9.17) is 11.6 Å². The van der Waals surface area contributed by atoms with Crippen LogP contribution >= 0.6 is 22.9 Å². The van der Waals surface area contributed by atoms with Crippen LogP contribution in [0, 0.1) is 5.92 Å². The van der Waals surface area contributed by atoms with Crippen LogP contribution in [0.15, 0.2) is 54.2 Å². The lowest BCUT2D eigenvalue weighted by atomic mass is 10.0. The normalized spacial score (nSPS) is 14.8. The van der Waals surface area contributed by atoms with Crippen molar-refractivity contribution in [1.82, 2.24) is 15.3 Å². The summed E-state index contributed by atoms with van der Waals surface area (Å²) in [7, 11) is 0. The van der Waals surface area contributed by atoms with E-state index in [1.54, 1.807) is 12.4 Å². The lowest BCUT2D eigenvalue weighted by Crippen LogP contribution is -2.31. The summed E-state index contributed by atoms with van der Waals surface area (Å²) in [4.78, 5) is 21.2. The fourth-order valence-electron chi connectivity index (χ4n) is 2.97. The zero-order valence-electron chi connectivity index (χ0n) is 14.1. The Balaban J connectivity index is 1.43. The predicted molar refractivity (Wildman–Crippen MR) is 104 cm³/mol. The summed E-state index contributed by atoms with van der Waals surface area (Å²) in [6.07, 6.45) is 6.10. The van der Waals surface area contributed by atoms with Crippen molar-refractivity contribution >= 4 is 28.8 Å². The standard InChI is InChI=1S/C20H18ClN3OS/c21-16-7-5-14(6-8-16)19(13-3-4-13)24-18(25)10-17-12-26-20(23-17)15-2-1-9-22-11-15/h1-2,5-9,11-13,19H,3-4,10H2,(H,24,25). The number of nitrogens with zero attached hydrogens (tertiary/aromatic N) is 2. The average Bonchev–Trinajstić information content (AvgIpc) is 3.40. The molecule has 1 saturated carbocycles. The minimum Gasteiger partial charge on any atom is -0.349 e. The Morgan fingerprint density at radius 1 is 1.27 bits per heavy atom. The first-order chi connectivity index (χ1) is 12.7. The van der Waals surface area contributed by atoms with E-state index in [-0.39, 0.29) is 18.4 Å². The molecule has 0 aliphatic heterocycles. The number of hydrogen-bond donors (Lipinski definition) is 1. The Morgan fingerprint density at radius 3 is 2.77 bits per heavy atom. The zero-order chi connectivity index (χ0) is 17.9. The molecular formula is C20H18ClN3OS. The maximum absolute atomic E-state index is 12.6. The summed E-state index contributed by atoms with van der Waals surface area (Å²) in [5, 5.41) is 6.72. The smallest absolute Gasteiger partial charge is 0.226 e. The number of carbonyl (C=O) groups is 1. The Bertz CT molecular complexity index is 891. The molecule has 132 valence electrons. The lowest BCUT2D eigenvalue weighted by Gasteiger charge is -2.18. The molecule has 6 heteroatoms. The second-order valence-electron chi connectivity index (χ2n) is 6.50. The highest BCUT2D eigenvalue weighted by Gasteiger charge is 2.33. The largest absolute Gasteiger partial charge is 0.349 e. The van der Waals surface area contributed by atoms with Crippen LogP contribution in [0.2, 0.25) is 5.02 Å². The van der Waals surface area contributed by atoms with E-state index in [0.717, 1.165) is 34.7 Å². The molecule has 1 N–H and O–H groups in total. The van der Waals surface area contributed by atoms with Crippen molar-refractivity contribution in [2.75, 3.05) is 0 Å². The van der Waals surface area contributed by atoms with E-state index in [0.29, 0.717) is 10.9 Å². The van der Waals surface area contributed by atoms with Gasteiger partial charge in [-0.15, -0.1) is 11.3 Å². The zero-order valence-corrected chi connectivity index (χ0v) is 15.6. The minimum absolute atomic E-state index is 0.000105. The Morgan fingerprint density at radius 2 is 2.08 bits per heavy atom. The van der Waals surface area contributed by atoms with Crippen LogP contribution in [0.5, 0.6) is 0 Å². The Hall–Kier alpha value is -2.24. The molecule has 0 spiro atoms. The molecule has 0 saturated heterocycles. The van der Waals surface area contributed by atoms with Gasteiger partial charge in [0.05, 0.1) is 18.2 Å². The van der Waals surface area contributed by atoms with E-state index in [1.165, 1.54) is 11.3 Å². The fraction of sp³-hybridized carbons (Fsp3) is 0.250. The van der Waals surface area contributed by atoms with Gasteiger partial charge in [-0.3, -0.25) is 9.78 Å². The van der Waals surface area contributed by atoms with Crippen LogP contribution in [0.1, 0.15) is 30.1 Å². The first-order valence-corrected chi connectivity index (χ1v) is 9.84. The molecule has 1 aliphatic rings. The number of hydrogen-bond acceptors (Lipinski definition) is 4. The van der Waals surface area contributed by atoms with Crippen molar-refractivity contribution in [3.63, 3.8) is 0 Å². The molecule has 1 fully saturated rings. The predicted octanol–water partition coefficient (Wildman–Crippen LogP) is 4.67. The third-order valence-corrected chi connectivity index (χ3v) is 5.63. The number of amides is 1. The summed E-state index contributed by atoms with van der Waals surface area (Å²) in [5.74, 6) is 0.515. The molecule has 1 aromatic carbocycles. The number of pyridine rings is 1. The minimum atomic E-state index is -0.000105. The van der Waals surface area contributed by atoms with Gasteiger partial charge in [0.1, 0.15) is 5.01 Å². The fourth-order valence-corrected chi connectivity index (χ4v) is 3.91. The van der Waals surface area contributed by atoms with Crippen LogP contribution < -0.4 is 5.32 Å². The monoisotopic (exact) mass is 383 g/mol. The Labute approximate surface area is 161 Å². The molecule has 3 aromatic rings. The van der Waals surface area contributed by atoms with Crippen molar-refractivity contribution in [3.05, 3.63) is 70.5 Å². The van der Waals surface area contributed by atoms with Crippen LogP contribution in [0.25, 0.3) is 10.6 Å². The quantitative estimate of drug-likeness (QED) is 0.673. The van der Waals surface area contributed by atoms with Gasteiger partial charge in [0.2, 0.25) is 5.91 Å². The first kappa shape index (κ1) is 17.2. The van der Waals surface area contributed by atoms with Gasteiger partial charge in [0, 0.05) is 28.4 Å². The van der Waals surface area contributed by atoms with Gasteiger partial charge in [-0.25, -0.2) is 4.98 Å². The molecule has 1 atom stereocenters. The SMILES string of the molecule is O=C(Cc1csc(-c2cccnc2)n1)NC(c1ccc(Cl)cc1)C1CC1. The van der Waals surface area contributed by atoms with Gasteiger partial charge in [-0.2, -0.15) is 0 Å². The third kappa shape index (κ3) is 4.11. The molecule has 1 aliphatic carbocycles. The van der Waals surface area contributed by atoms with Crippen LogP contribution in [-0.2, 0) is 11.2 Å². The van der Waals surface area contributed by atoms with E-state index < -0.39 is 0 Å². The van der Waals surface area contributed by atoms with Crippen LogP contribution in [-0.4, -0.2) is 15.9 Å². The van der Waals surface area contributed by atoms with Gasteiger partial charge in [-0.1, -0.05) is 23.7 Å². The van der Waals surface area contributed by atoms with Crippen molar-refractivity contribution in [1.29, 1.82) is 0 Å². The Kier molecular flexibility index (Phi) is 5.00. The summed E-state index contributed by atoms with van der Waals surface area (Å²) in [5.41, 5.74) is 2.87.